The summed E-state index contributed by atoms with van der Waals surface area (Å²) in [5.74, 6) is 1.40. The lowest BCUT2D eigenvalue weighted by atomic mass is 9.91. The molecule has 1 saturated carbocycles. The van der Waals surface area contributed by atoms with Crippen LogP contribution in [0.2, 0.25) is 0 Å². The minimum absolute atomic E-state index is 0.368. The number of allylic oxidation sites excluding steroid dienone is 1. The van der Waals surface area contributed by atoms with Crippen molar-refractivity contribution in [1.29, 1.82) is 5.26 Å². The first-order valence-electron chi connectivity index (χ1n) is 17.2. The third-order valence-electron chi connectivity index (χ3n) is 8.15. The Morgan fingerprint density at radius 3 is 2.34 bits per heavy atom. The lowest BCUT2D eigenvalue weighted by molar-refractivity contribution is 0.385. The summed E-state index contributed by atoms with van der Waals surface area (Å²) in [6, 6.07) is 14.7. The van der Waals surface area contributed by atoms with E-state index < -0.39 is 0 Å². The number of hydrogen-bond acceptors (Lipinski definition) is 4. The van der Waals surface area contributed by atoms with E-state index in [2.05, 4.69) is 81.1 Å². The topological polar surface area (TPSA) is 51.4 Å². The highest BCUT2D eigenvalue weighted by atomic mass is 15.1. The van der Waals surface area contributed by atoms with Crippen molar-refractivity contribution in [3.8, 4) is 6.19 Å². The molecule has 2 aromatic rings. The van der Waals surface area contributed by atoms with E-state index in [0.29, 0.717) is 5.92 Å². The smallest absolute Gasteiger partial charge is 0.184 e. The Labute approximate surface area is 271 Å². The van der Waals surface area contributed by atoms with Gasteiger partial charge in [-0.1, -0.05) is 108 Å². The number of hydrogen-bond donors (Lipinski definition) is 1. The van der Waals surface area contributed by atoms with E-state index in [-0.39, 0.29) is 0 Å². The molecule has 0 aromatic heterocycles. The second-order valence-corrected chi connectivity index (χ2v) is 12.0. The van der Waals surface area contributed by atoms with Crippen LogP contribution >= 0.6 is 0 Å². The SMILES string of the molecule is C=CC.CC.CC1CCCCC1.CCCNCC(/C=C(\c1ccccc1)N(C)C#N)CCCc1ccc2c(c1C)CC(C)=N2. The van der Waals surface area contributed by atoms with Gasteiger partial charge in [-0.15, -0.1) is 6.58 Å². The van der Waals surface area contributed by atoms with E-state index in [4.69, 9.17) is 0 Å². The van der Waals surface area contributed by atoms with Crippen LogP contribution in [-0.4, -0.2) is 30.7 Å². The molecule has 4 rings (SSSR count). The molecule has 1 fully saturated rings. The largest absolute Gasteiger partial charge is 0.316 e. The van der Waals surface area contributed by atoms with Gasteiger partial charge in [-0.2, -0.15) is 5.26 Å². The standard InChI is InChI=1S/C28H36N4.C7H14.C3H6.C2H6/c1-5-16-30-19-23(18-28(32(4)20-29)25-11-7-6-8-12-25)10-9-13-24-14-15-27-26(22(24)3)17-21(2)31-27;1-7-5-3-2-4-6-7;1-3-2;1-2/h6-8,11-12,14-15,18,23,30H,5,9-10,13,16-17,19H2,1-4H3;7H,2-6H2,1H3;3H,1H2,2H3;1-2H3/b28-18+;;;. The van der Waals surface area contributed by atoms with E-state index in [1.165, 1.54) is 54.5 Å². The fraction of sp³-hybridized carbons (Fsp3) is 0.550. The van der Waals surface area contributed by atoms with Gasteiger partial charge in [-0.3, -0.25) is 9.89 Å². The van der Waals surface area contributed by atoms with Crippen molar-refractivity contribution in [2.75, 3.05) is 20.1 Å². The van der Waals surface area contributed by atoms with Gasteiger partial charge in [0.15, 0.2) is 6.19 Å². The Kier molecular flexibility index (Phi) is 20.5. The average Bonchev–Trinajstić information content (AvgIpc) is 3.44. The van der Waals surface area contributed by atoms with Gasteiger partial charge in [0.1, 0.15) is 0 Å². The zero-order valence-corrected chi connectivity index (χ0v) is 29.4. The zero-order chi connectivity index (χ0) is 32.7. The molecule has 2 aliphatic rings. The first-order valence-corrected chi connectivity index (χ1v) is 17.2. The Morgan fingerprint density at radius 2 is 1.77 bits per heavy atom. The predicted molar refractivity (Wildman–Crippen MR) is 195 cm³/mol. The van der Waals surface area contributed by atoms with Crippen LogP contribution in [0, 0.1) is 30.2 Å². The van der Waals surface area contributed by atoms with Crippen LogP contribution in [0.5, 0.6) is 0 Å². The van der Waals surface area contributed by atoms with E-state index in [1.54, 1.807) is 11.0 Å². The molecule has 0 bridgehead atoms. The molecule has 44 heavy (non-hydrogen) atoms. The number of nitrogens with one attached hydrogen (secondary N) is 1. The molecule has 1 N–H and O–H groups in total. The van der Waals surface area contributed by atoms with Gasteiger partial charge in [0, 0.05) is 25.7 Å². The highest BCUT2D eigenvalue weighted by Crippen LogP contribution is 2.32. The van der Waals surface area contributed by atoms with E-state index in [1.807, 2.05) is 46.0 Å². The molecule has 2 aromatic carbocycles. The van der Waals surface area contributed by atoms with Gasteiger partial charge in [0.25, 0.3) is 0 Å². The summed E-state index contributed by atoms with van der Waals surface area (Å²) in [5.41, 5.74) is 8.69. The number of nitriles is 1. The van der Waals surface area contributed by atoms with Gasteiger partial charge >= 0.3 is 0 Å². The molecule has 4 nitrogen and oxygen atoms in total. The van der Waals surface area contributed by atoms with Gasteiger partial charge in [0.05, 0.1) is 11.4 Å². The highest BCUT2D eigenvalue weighted by molar-refractivity contribution is 5.92. The molecule has 0 spiro atoms. The molecule has 4 heteroatoms. The maximum atomic E-state index is 9.55. The number of fused-ring (bicyclic) bond motifs is 1. The van der Waals surface area contributed by atoms with E-state index in [9.17, 15) is 5.26 Å². The summed E-state index contributed by atoms with van der Waals surface area (Å²) >= 11 is 0. The second kappa shape index (κ2) is 23.3. The monoisotopic (exact) mass is 598 g/mol. The first kappa shape index (κ1) is 38.9. The molecule has 1 aliphatic carbocycles. The van der Waals surface area contributed by atoms with Gasteiger partial charge < -0.3 is 5.32 Å². The summed E-state index contributed by atoms with van der Waals surface area (Å²) in [6.07, 6.45) is 19.1. The van der Waals surface area contributed by atoms with Crippen LogP contribution in [0.1, 0.15) is 115 Å². The van der Waals surface area contributed by atoms with Crippen molar-refractivity contribution in [2.45, 2.75) is 113 Å². The van der Waals surface area contributed by atoms with Crippen LogP contribution in [-0.2, 0) is 12.8 Å². The number of aliphatic imine (C=N–C) groups is 1. The highest BCUT2D eigenvalue weighted by Gasteiger charge is 2.17. The molecule has 0 saturated heterocycles. The normalized spacial score (nSPS) is 14.6. The Balaban J connectivity index is 0.000000681. The molecule has 0 radical (unpaired) electrons. The number of nitrogens with zero attached hydrogens (tertiary/aromatic N) is 3. The third-order valence-corrected chi connectivity index (χ3v) is 8.15. The first-order chi connectivity index (χ1) is 21.3. The molecular formula is C40H62N4. The van der Waals surface area contributed by atoms with Crippen LogP contribution in [0.4, 0.5) is 5.69 Å². The summed E-state index contributed by atoms with van der Waals surface area (Å²) in [6.45, 7) is 20.1. The second-order valence-electron chi connectivity index (χ2n) is 12.0. The predicted octanol–water partition coefficient (Wildman–Crippen LogP) is 10.8. The van der Waals surface area contributed by atoms with Crippen molar-refractivity contribution in [2.24, 2.45) is 16.8 Å². The lowest BCUT2D eigenvalue weighted by Crippen LogP contribution is -2.24. The number of aryl methyl sites for hydroxylation is 1. The van der Waals surface area contributed by atoms with E-state index in [0.717, 1.165) is 68.1 Å². The molecule has 1 unspecified atom stereocenters. The van der Waals surface area contributed by atoms with Crippen molar-refractivity contribution < 1.29 is 0 Å². The molecule has 1 heterocycles. The average molecular weight is 599 g/mol. The quantitative estimate of drug-likeness (QED) is 0.121. The van der Waals surface area contributed by atoms with Crippen molar-refractivity contribution in [3.05, 3.63) is 83.4 Å². The Bertz CT molecular complexity index is 1170. The molecule has 1 atom stereocenters. The number of rotatable bonds is 11. The fourth-order valence-corrected chi connectivity index (χ4v) is 5.75. The van der Waals surface area contributed by atoms with Crippen molar-refractivity contribution in [1.82, 2.24) is 10.2 Å². The number of benzene rings is 2. The Hall–Kier alpha value is -3.16. The van der Waals surface area contributed by atoms with Crippen LogP contribution < -0.4 is 5.32 Å². The van der Waals surface area contributed by atoms with Crippen LogP contribution in [0.3, 0.4) is 0 Å². The Morgan fingerprint density at radius 1 is 1.11 bits per heavy atom. The maximum Gasteiger partial charge on any atom is 0.184 e. The van der Waals surface area contributed by atoms with Gasteiger partial charge in [-0.05, 0) is 93.2 Å². The molecule has 242 valence electrons. The van der Waals surface area contributed by atoms with E-state index >= 15 is 0 Å². The summed E-state index contributed by atoms with van der Waals surface area (Å²) < 4.78 is 0. The molecule has 0 amide bonds. The van der Waals surface area contributed by atoms with Crippen molar-refractivity contribution in [3.63, 3.8) is 0 Å². The molecular weight excluding hydrogens is 536 g/mol. The summed E-state index contributed by atoms with van der Waals surface area (Å²) in [7, 11) is 1.84. The summed E-state index contributed by atoms with van der Waals surface area (Å²) in [4.78, 5) is 6.34. The molecule has 1 aliphatic heterocycles. The fourth-order valence-electron chi connectivity index (χ4n) is 5.75. The van der Waals surface area contributed by atoms with Crippen LogP contribution in [0.15, 0.2) is 66.2 Å². The maximum absolute atomic E-state index is 9.55. The lowest BCUT2D eigenvalue weighted by Gasteiger charge is -2.20. The summed E-state index contributed by atoms with van der Waals surface area (Å²) in [5, 5.41) is 13.1. The van der Waals surface area contributed by atoms with Gasteiger partial charge in [-0.25, -0.2) is 0 Å². The minimum Gasteiger partial charge on any atom is -0.316 e. The minimum atomic E-state index is 0.368. The zero-order valence-electron chi connectivity index (χ0n) is 29.4. The van der Waals surface area contributed by atoms with Crippen LogP contribution in [0.25, 0.3) is 5.70 Å². The van der Waals surface area contributed by atoms with Crippen molar-refractivity contribution >= 4 is 17.1 Å². The van der Waals surface area contributed by atoms with Gasteiger partial charge in [0.2, 0.25) is 0 Å². The third kappa shape index (κ3) is 14.1.